The summed E-state index contributed by atoms with van der Waals surface area (Å²) in [6.45, 7) is 1.23. The Bertz CT molecular complexity index is 379. The van der Waals surface area contributed by atoms with E-state index in [2.05, 4.69) is 36.2 Å². The van der Waals surface area contributed by atoms with Gasteiger partial charge < -0.3 is 0 Å². The van der Waals surface area contributed by atoms with Crippen molar-refractivity contribution < 1.29 is 0 Å². The SMILES string of the molecule is CN1CCc2ccccc2C1CC1CCCC1. The van der Waals surface area contributed by atoms with Gasteiger partial charge in [-0.3, -0.25) is 4.90 Å². The topological polar surface area (TPSA) is 3.24 Å². The molecule has 1 aliphatic heterocycles. The van der Waals surface area contributed by atoms with Crippen LogP contribution < -0.4 is 0 Å². The zero-order chi connectivity index (χ0) is 11.7. The second-order valence-corrected chi connectivity index (χ2v) is 5.83. The molecule has 3 rings (SSSR count). The van der Waals surface area contributed by atoms with Crippen molar-refractivity contribution in [3.05, 3.63) is 35.4 Å². The van der Waals surface area contributed by atoms with E-state index in [4.69, 9.17) is 0 Å². The van der Waals surface area contributed by atoms with Gasteiger partial charge in [0.15, 0.2) is 0 Å². The van der Waals surface area contributed by atoms with Crippen LogP contribution in [0, 0.1) is 5.92 Å². The van der Waals surface area contributed by atoms with Crippen LogP contribution in [-0.2, 0) is 6.42 Å². The maximum atomic E-state index is 2.57. The predicted octanol–water partition coefficient (Wildman–Crippen LogP) is 3.80. The van der Waals surface area contributed by atoms with Crippen LogP contribution in [0.2, 0.25) is 0 Å². The normalized spacial score (nSPS) is 26.1. The Kier molecular flexibility index (Phi) is 3.19. The summed E-state index contributed by atoms with van der Waals surface area (Å²) in [6, 6.07) is 9.76. The molecule has 0 aromatic heterocycles. The van der Waals surface area contributed by atoms with Gasteiger partial charge in [0.05, 0.1) is 0 Å². The first-order valence-corrected chi connectivity index (χ1v) is 7.12. The van der Waals surface area contributed by atoms with Crippen LogP contribution >= 0.6 is 0 Å². The summed E-state index contributed by atoms with van der Waals surface area (Å²) in [4.78, 5) is 2.57. The van der Waals surface area contributed by atoms with Gasteiger partial charge in [-0.15, -0.1) is 0 Å². The van der Waals surface area contributed by atoms with Crippen molar-refractivity contribution in [3.8, 4) is 0 Å². The number of hydrogen-bond acceptors (Lipinski definition) is 1. The third-order valence-electron chi connectivity index (χ3n) is 4.71. The first kappa shape index (κ1) is 11.3. The van der Waals surface area contributed by atoms with E-state index in [9.17, 15) is 0 Å². The minimum atomic E-state index is 0.683. The van der Waals surface area contributed by atoms with E-state index in [1.165, 1.54) is 45.1 Å². The molecule has 1 aromatic rings. The zero-order valence-electron chi connectivity index (χ0n) is 10.9. The van der Waals surface area contributed by atoms with Gasteiger partial charge in [-0.05, 0) is 36.9 Å². The molecule has 0 amide bonds. The number of nitrogens with zero attached hydrogens (tertiary/aromatic N) is 1. The number of benzene rings is 1. The molecule has 1 aliphatic carbocycles. The summed E-state index contributed by atoms with van der Waals surface area (Å²) < 4.78 is 0. The average Bonchev–Trinajstić information content (AvgIpc) is 2.86. The Hall–Kier alpha value is -0.820. The van der Waals surface area contributed by atoms with E-state index in [0.29, 0.717) is 6.04 Å². The predicted molar refractivity (Wildman–Crippen MR) is 72.1 cm³/mol. The van der Waals surface area contributed by atoms with E-state index in [1.54, 1.807) is 11.1 Å². The molecule has 17 heavy (non-hydrogen) atoms. The smallest absolute Gasteiger partial charge is 0.0350 e. The van der Waals surface area contributed by atoms with E-state index in [1.807, 2.05) is 0 Å². The van der Waals surface area contributed by atoms with Gasteiger partial charge in [-0.1, -0.05) is 49.9 Å². The van der Waals surface area contributed by atoms with Crippen LogP contribution in [0.4, 0.5) is 0 Å². The summed E-state index contributed by atoms with van der Waals surface area (Å²) >= 11 is 0. The van der Waals surface area contributed by atoms with Crippen molar-refractivity contribution in [2.24, 2.45) is 5.92 Å². The van der Waals surface area contributed by atoms with Gasteiger partial charge in [-0.2, -0.15) is 0 Å². The van der Waals surface area contributed by atoms with Crippen molar-refractivity contribution in [1.82, 2.24) is 4.90 Å². The number of hydrogen-bond donors (Lipinski definition) is 0. The molecule has 0 radical (unpaired) electrons. The lowest BCUT2D eigenvalue weighted by Crippen LogP contribution is -2.33. The third-order valence-corrected chi connectivity index (χ3v) is 4.71. The molecule has 1 fully saturated rings. The molecule has 1 nitrogen and oxygen atoms in total. The molecule has 2 aliphatic rings. The average molecular weight is 229 g/mol. The van der Waals surface area contributed by atoms with Crippen LogP contribution in [0.25, 0.3) is 0 Å². The Morgan fingerprint density at radius 2 is 1.94 bits per heavy atom. The lowest BCUT2D eigenvalue weighted by atomic mass is 9.86. The molecule has 0 spiro atoms. The fourth-order valence-electron chi connectivity index (χ4n) is 3.65. The van der Waals surface area contributed by atoms with E-state index >= 15 is 0 Å². The summed E-state index contributed by atoms with van der Waals surface area (Å²) in [5.74, 6) is 0.980. The zero-order valence-corrected chi connectivity index (χ0v) is 10.9. The second-order valence-electron chi connectivity index (χ2n) is 5.83. The van der Waals surface area contributed by atoms with Crippen LogP contribution in [0.1, 0.15) is 49.3 Å². The summed E-state index contributed by atoms with van der Waals surface area (Å²) in [5, 5.41) is 0. The van der Waals surface area contributed by atoms with Gasteiger partial charge >= 0.3 is 0 Å². The van der Waals surface area contributed by atoms with Gasteiger partial charge in [0.25, 0.3) is 0 Å². The van der Waals surface area contributed by atoms with Crippen molar-refractivity contribution >= 4 is 0 Å². The molecule has 1 aromatic carbocycles. The highest BCUT2D eigenvalue weighted by Crippen LogP contribution is 2.38. The van der Waals surface area contributed by atoms with Gasteiger partial charge in [0.2, 0.25) is 0 Å². The second kappa shape index (κ2) is 4.81. The van der Waals surface area contributed by atoms with Crippen LogP contribution in [0.15, 0.2) is 24.3 Å². The minimum absolute atomic E-state index is 0.683. The Labute approximate surface area is 105 Å². The molecule has 1 saturated carbocycles. The summed E-state index contributed by atoms with van der Waals surface area (Å²) in [7, 11) is 2.30. The van der Waals surface area contributed by atoms with Crippen molar-refractivity contribution in [2.45, 2.75) is 44.6 Å². The monoisotopic (exact) mass is 229 g/mol. The maximum absolute atomic E-state index is 2.57. The number of likely N-dealkylation sites (N-methyl/N-ethyl adjacent to an activating group) is 1. The molecular formula is C16H23N. The largest absolute Gasteiger partial charge is 0.299 e. The highest BCUT2D eigenvalue weighted by Gasteiger charge is 2.28. The van der Waals surface area contributed by atoms with E-state index < -0.39 is 0 Å². The highest BCUT2D eigenvalue weighted by molar-refractivity contribution is 5.32. The first-order valence-electron chi connectivity index (χ1n) is 7.12. The molecule has 0 saturated heterocycles. The van der Waals surface area contributed by atoms with E-state index in [-0.39, 0.29) is 0 Å². The Balaban J connectivity index is 1.81. The molecule has 1 atom stereocenters. The molecule has 0 bridgehead atoms. The fourth-order valence-corrected chi connectivity index (χ4v) is 3.65. The van der Waals surface area contributed by atoms with Crippen LogP contribution in [0.5, 0.6) is 0 Å². The van der Waals surface area contributed by atoms with Crippen LogP contribution in [0.3, 0.4) is 0 Å². The highest BCUT2D eigenvalue weighted by atomic mass is 15.1. The molecule has 1 heterocycles. The molecule has 1 heteroatoms. The lowest BCUT2D eigenvalue weighted by Gasteiger charge is -2.36. The summed E-state index contributed by atoms with van der Waals surface area (Å²) in [5.41, 5.74) is 3.20. The third kappa shape index (κ3) is 2.26. The van der Waals surface area contributed by atoms with E-state index in [0.717, 1.165) is 5.92 Å². The van der Waals surface area contributed by atoms with Gasteiger partial charge in [0.1, 0.15) is 0 Å². The van der Waals surface area contributed by atoms with Gasteiger partial charge in [-0.25, -0.2) is 0 Å². The van der Waals surface area contributed by atoms with Crippen molar-refractivity contribution in [3.63, 3.8) is 0 Å². The number of rotatable bonds is 2. The minimum Gasteiger partial charge on any atom is -0.299 e. The maximum Gasteiger partial charge on any atom is 0.0350 e. The van der Waals surface area contributed by atoms with Gasteiger partial charge in [0, 0.05) is 12.6 Å². The summed E-state index contributed by atoms with van der Waals surface area (Å²) in [6.07, 6.45) is 8.46. The van der Waals surface area contributed by atoms with Crippen molar-refractivity contribution in [2.75, 3.05) is 13.6 Å². The Morgan fingerprint density at radius 3 is 2.76 bits per heavy atom. The first-order chi connectivity index (χ1) is 8.34. The van der Waals surface area contributed by atoms with Crippen LogP contribution in [-0.4, -0.2) is 18.5 Å². The molecule has 92 valence electrons. The standard InChI is InChI=1S/C16H23N/c1-17-11-10-14-8-4-5-9-15(14)16(17)12-13-6-2-3-7-13/h4-5,8-9,13,16H,2-3,6-7,10-12H2,1H3. The molecule has 1 unspecified atom stereocenters. The molecular weight excluding hydrogens is 206 g/mol. The molecule has 0 N–H and O–H groups in total. The number of fused-ring (bicyclic) bond motifs is 1. The quantitative estimate of drug-likeness (QED) is 0.745. The lowest BCUT2D eigenvalue weighted by molar-refractivity contribution is 0.195. The van der Waals surface area contributed by atoms with Crippen molar-refractivity contribution in [1.29, 1.82) is 0 Å². The Morgan fingerprint density at radius 1 is 1.18 bits per heavy atom. The fraction of sp³-hybridized carbons (Fsp3) is 0.625.